The van der Waals surface area contributed by atoms with E-state index in [0.717, 1.165) is 18.4 Å². The van der Waals surface area contributed by atoms with Crippen molar-refractivity contribution in [2.24, 2.45) is 0 Å². The minimum absolute atomic E-state index is 0.0439. The molecular formula is C32H27F2N3O5. The molecule has 10 heteroatoms. The van der Waals surface area contributed by atoms with Gasteiger partial charge in [0.15, 0.2) is 17.6 Å². The molecule has 4 aromatic rings. The number of ether oxygens (including phenoxy) is 2. The predicted molar refractivity (Wildman–Crippen MR) is 148 cm³/mol. The average molecular weight is 572 g/mol. The summed E-state index contributed by atoms with van der Waals surface area (Å²) in [7, 11) is 0. The zero-order valence-electron chi connectivity index (χ0n) is 22.5. The van der Waals surface area contributed by atoms with E-state index in [1.807, 2.05) is 18.2 Å². The van der Waals surface area contributed by atoms with Crippen molar-refractivity contribution in [3.05, 3.63) is 111 Å². The normalized spacial score (nSPS) is 18.6. The molecule has 7 rings (SSSR count). The molecule has 1 aromatic heterocycles. The molecule has 1 atom stereocenters. The number of carbonyl (C=O) groups is 1. The Kier molecular flexibility index (Phi) is 6.12. The fourth-order valence-electron chi connectivity index (χ4n) is 5.91. The van der Waals surface area contributed by atoms with Gasteiger partial charge in [0.05, 0.1) is 23.2 Å². The van der Waals surface area contributed by atoms with E-state index in [9.17, 15) is 23.5 Å². The molecule has 214 valence electrons. The predicted octanol–water partition coefficient (Wildman–Crippen LogP) is 4.85. The van der Waals surface area contributed by atoms with Crippen molar-refractivity contribution in [3.8, 4) is 22.6 Å². The highest BCUT2D eigenvalue weighted by molar-refractivity contribution is 5.83. The van der Waals surface area contributed by atoms with Crippen LogP contribution in [0.15, 0.2) is 77.6 Å². The van der Waals surface area contributed by atoms with Gasteiger partial charge in [-0.05, 0) is 66.1 Å². The van der Waals surface area contributed by atoms with E-state index in [4.69, 9.17) is 4.98 Å². The summed E-state index contributed by atoms with van der Waals surface area (Å²) in [6.07, 6.45) is -2.24. The van der Waals surface area contributed by atoms with Crippen LogP contribution in [-0.2, 0) is 23.2 Å². The van der Waals surface area contributed by atoms with E-state index < -0.39 is 18.3 Å². The van der Waals surface area contributed by atoms with Gasteiger partial charge in [0.2, 0.25) is 0 Å². The fourth-order valence-corrected chi connectivity index (χ4v) is 5.91. The van der Waals surface area contributed by atoms with Gasteiger partial charge >= 0.3 is 6.29 Å². The number of halogens is 2. The molecule has 0 bridgehead atoms. The molecule has 0 spiro atoms. The summed E-state index contributed by atoms with van der Waals surface area (Å²) in [4.78, 5) is 36.2. The van der Waals surface area contributed by atoms with Crippen molar-refractivity contribution in [1.29, 1.82) is 0 Å². The number of hydrogen-bond acceptors (Lipinski definition) is 6. The minimum Gasteiger partial charge on any atom is -0.395 e. The second kappa shape index (κ2) is 9.77. The Hall–Kier alpha value is -4.57. The van der Waals surface area contributed by atoms with Crippen LogP contribution in [0.1, 0.15) is 53.6 Å². The van der Waals surface area contributed by atoms with Crippen LogP contribution in [0.5, 0.6) is 11.5 Å². The SMILES string of the molecule is O=C([C@H](O)c1cccc(-c2ccc3c(c2)OC(F)(F)O3)c1)N1CCCc2nc(C3(c4ccccc4)CC3)[nH]c(=O)c2C1. The summed E-state index contributed by atoms with van der Waals surface area (Å²) in [5.74, 6) is -0.0280. The molecule has 8 nitrogen and oxygen atoms in total. The van der Waals surface area contributed by atoms with Gasteiger partial charge in [-0.2, -0.15) is 0 Å². The molecule has 3 heterocycles. The second-order valence-electron chi connectivity index (χ2n) is 11.0. The maximum Gasteiger partial charge on any atom is 0.586 e. The quantitative estimate of drug-likeness (QED) is 0.355. The summed E-state index contributed by atoms with van der Waals surface area (Å²) in [5.41, 5.74) is 3.20. The van der Waals surface area contributed by atoms with Crippen LogP contribution in [0.2, 0.25) is 0 Å². The van der Waals surface area contributed by atoms with Crippen molar-refractivity contribution in [2.45, 2.75) is 50.0 Å². The number of hydrogen-bond donors (Lipinski definition) is 2. The topological polar surface area (TPSA) is 105 Å². The van der Waals surface area contributed by atoms with Crippen LogP contribution in [0.4, 0.5) is 8.78 Å². The van der Waals surface area contributed by atoms with Crippen molar-refractivity contribution in [2.75, 3.05) is 6.54 Å². The summed E-state index contributed by atoms with van der Waals surface area (Å²) in [6.45, 7) is 0.406. The lowest BCUT2D eigenvalue weighted by Gasteiger charge is -2.24. The summed E-state index contributed by atoms with van der Waals surface area (Å²) < 4.78 is 35.9. The van der Waals surface area contributed by atoms with E-state index in [0.29, 0.717) is 53.2 Å². The largest absolute Gasteiger partial charge is 0.586 e. The third-order valence-electron chi connectivity index (χ3n) is 8.30. The van der Waals surface area contributed by atoms with Gasteiger partial charge in [0, 0.05) is 6.54 Å². The molecule has 1 saturated carbocycles. The lowest BCUT2D eigenvalue weighted by molar-refractivity contribution is -0.286. The van der Waals surface area contributed by atoms with Gasteiger partial charge in [-0.3, -0.25) is 9.59 Å². The molecule has 42 heavy (non-hydrogen) atoms. The Morgan fingerprint density at radius 1 is 0.976 bits per heavy atom. The summed E-state index contributed by atoms with van der Waals surface area (Å²) in [6, 6.07) is 21.1. The Bertz CT molecular complexity index is 1750. The van der Waals surface area contributed by atoms with Gasteiger partial charge in [0.25, 0.3) is 11.5 Å². The molecule has 1 aliphatic carbocycles. The van der Waals surface area contributed by atoms with Crippen molar-refractivity contribution >= 4 is 5.91 Å². The first-order valence-electron chi connectivity index (χ1n) is 13.9. The number of aromatic nitrogens is 2. The smallest absolute Gasteiger partial charge is 0.395 e. The highest BCUT2D eigenvalue weighted by atomic mass is 19.3. The van der Waals surface area contributed by atoms with E-state index in [-0.39, 0.29) is 29.0 Å². The number of aliphatic hydroxyl groups excluding tert-OH is 1. The number of aliphatic hydroxyl groups is 1. The molecular weight excluding hydrogens is 544 g/mol. The number of amides is 1. The maximum atomic E-state index is 13.5. The number of nitrogens with zero attached hydrogens (tertiary/aromatic N) is 2. The van der Waals surface area contributed by atoms with Crippen LogP contribution in [0, 0.1) is 0 Å². The molecule has 1 fully saturated rings. The second-order valence-corrected chi connectivity index (χ2v) is 11.0. The lowest BCUT2D eigenvalue weighted by atomic mass is 9.94. The number of alkyl halides is 2. The number of H-pyrrole nitrogens is 1. The van der Waals surface area contributed by atoms with Crippen molar-refractivity contribution in [3.63, 3.8) is 0 Å². The fraction of sp³-hybridized carbons (Fsp3) is 0.281. The zero-order chi connectivity index (χ0) is 29.1. The van der Waals surface area contributed by atoms with Gasteiger partial charge in [-0.1, -0.05) is 54.6 Å². The standard InChI is InChI=1S/C32H27F2N3O5/c33-32(34)41-25-12-11-20(17-26(25)42-32)19-6-4-7-21(16-19)27(38)29(40)37-15-5-10-24-23(18-37)28(39)36-30(35-24)31(13-14-31)22-8-2-1-3-9-22/h1-4,6-9,11-12,16-17,27,38H,5,10,13-15,18H2,(H,35,36,39)/t27-/m1/s1. The minimum atomic E-state index is -3.72. The lowest BCUT2D eigenvalue weighted by Crippen LogP contribution is -2.36. The van der Waals surface area contributed by atoms with E-state index >= 15 is 0 Å². The third-order valence-corrected chi connectivity index (χ3v) is 8.30. The van der Waals surface area contributed by atoms with Crippen LogP contribution in [0.3, 0.4) is 0 Å². The van der Waals surface area contributed by atoms with Gasteiger partial charge < -0.3 is 24.5 Å². The Morgan fingerprint density at radius 3 is 2.52 bits per heavy atom. The number of aromatic amines is 1. The van der Waals surface area contributed by atoms with Gasteiger partial charge in [-0.25, -0.2) is 4.98 Å². The van der Waals surface area contributed by atoms with Crippen molar-refractivity contribution < 1.29 is 28.2 Å². The monoisotopic (exact) mass is 571 g/mol. The third kappa shape index (κ3) is 4.61. The van der Waals surface area contributed by atoms with Crippen molar-refractivity contribution in [1.82, 2.24) is 14.9 Å². The summed E-state index contributed by atoms with van der Waals surface area (Å²) in [5, 5.41) is 11.1. The Morgan fingerprint density at radius 2 is 1.74 bits per heavy atom. The van der Waals surface area contributed by atoms with Crippen LogP contribution >= 0.6 is 0 Å². The number of nitrogens with one attached hydrogen (secondary N) is 1. The molecule has 3 aromatic carbocycles. The molecule has 0 unspecified atom stereocenters. The molecule has 3 aliphatic rings. The van der Waals surface area contributed by atoms with Crippen LogP contribution in [0.25, 0.3) is 11.1 Å². The number of aryl methyl sites for hydroxylation is 1. The number of carbonyl (C=O) groups excluding carboxylic acids is 1. The number of fused-ring (bicyclic) bond motifs is 2. The molecule has 1 amide bonds. The first-order valence-corrected chi connectivity index (χ1v) is 13.9. The zero-order valence-corrected chi connectivity index (χ0v) is 22.5. The first kappa shape index (κ1) is 26.3. The van der Waals surface area contributed by atoms with E-state index in [1.165, 1.54) is 17.0 Å². The number of benzene rings is 3. The van der Waals surface area contributed by atoms with E-state index in [1.54, 1.807) is 30.3 Å². The Labute approximate surface area is 239 Å². The first-order chi connectivity index (χ1) is 20.2. The molecule has 2 aliphatic heterocycles. The van der Waals surface area contributed by atoms with Gasteiger partial charge in [-0.15, -0.1) is 8.78 Å². The van der Waals surface area contributed by atoms with Crippen LogP contribution in [-0.4, -0.2) is 38.7 Å². The highest BCUT2D eigenvalue weighted by Crippen LogP contribution is 2.52. The van der Waals surface area contributed by atoms with Gasteiger partial charge in [0.1, 0.15) is 5.82 Å². The average Bonchev–Trinajstić information content (AvgIpc) is 3.77. The molecule has 0 saturated heterocycles. The van der Waals surface area contributed by atoms with Crippen LogP contribution < -0.4 is 15.0 Å². The van der Waals surface area contributed by atoms with E-state index in [2.05, 4.69) is 26.6 Å². The molecule has 0 radical (unpaired) electrons. The maximum absolute atomic E-state index is 13.5. The Balaban J connectivity index is 1.12. The highest BCUT2D eigenvalue weighted by Gasteiger charge is 2.48. The molecule has 2 N–H and O–H groups in total. The summed E-state index contributed by atoms with van der Waals surface area (Å²) >= 11 is 0. The number of rotatable bonds is 5.